The number of aryl methyl sites for hydroxylation is 2. The van der Waals surface area contributed by atoms with Crippen LogP contribution in [0, 0.1) is 12.8 Å². The summed E-state index contributed by atoms with van der Waals surface area (Å²) in [6, 6.07) is 0. The number of imidazole rings is 1. The fourth-order valence-corrected chi connectivity index (χ4v) is 2.04. The number of hydrogen-bond donors (Lipinski definition) is 1. The second kappa shape index (κ2) is 3.12. The first-order chi connectivity index (χ1) is 6.59. The van der Waals surface area contributed by atoms with E-state index in [2.05, 4.69) is 4.98 Å². The predicted molar refractivity (Wildman–Crippen MR) is 51.1 cm³/mol. The number of aromatic nitrogens is 2. The van der Waals surface area contributed by atoms with Crippen molar-refractivity contribution in [1.82, 2.24) is 9.55 Å². The molecule has 0 fully saturated rings. The third kappa shape index (κ3) is 1.31. The number of rotatable bonds is 1. The molecular formula is C10H14N2O2. The largest absolute Gasteiger partial charge is 0.481 e. The van der Waals surface area contributed by atoms with Crippen LogP contribution in [0.1, 0.15) is 23.6 Å². The van der Waals surface area contributed by atoms with Gasteiger partial charge >= 0.3 is 5.97 Å². The van der Waals surface area contributed by atoms with E-state index < -0.39 is 5.97 Å². The summed E-state index contributed by atoms with van der Waals surface area (Å²) < 4.78 is 2.00. The SMILES string of the molecule is Cc1nc2c(n1C)CC(C(=O)O)CC2. The molecule has 2 rings (SSSR count). The van der Waals surface area contributed by atoms with Crippen LogP contribution in [0.25, 0.3) is 0 Å². The van der Waals surface area contributed by atoms with Gasteiger partial charge in [-0.3, -0.25) is 4.79 Å². The molecule has 0 spiro atoms. The normalized spacial score (nSPS) is 20.6. The molecule has 1 aromatic rings. The Hall–Kier alpha value is -1.32. The molecule has 14 heavy (non-hydrogen) atoms. The van der Waals surface area contributed by atoms with Crippen LogP contribution in [-0.4, -0.2) is 20.6 Å². The lowest BCUT2D eigenvalue weighted by Crippen LogP contribution is -2.23. The number of hydrogen-bond acceptors (Lipinski definition) is 2. The van der Waals surface area contributed by atoms with Crippen LogP contribution < -0.4 is 0 Å². The van der Waals surface area contributed by atoms with Gasteiger partial charge < -0.3 is 9.67 Å². The fourth-order valence-electron chi connectivity index (χ4n) is 2.04. The Morgan fingerprint density at radius 1 is 1.64 bits per heavy atom. The molecule has 0 amide bonds. The lowest BCUT2D eigenvalue weighted by Gasteiger charge is -2.18. The number of fused-ring (bicyclic) bond motifs is 1. The van der Waals surface area contributed by atoms with Gasteiger partial charge in [-0.1, -0.05) is 0 Å². The number of carboxylic acids is 1. The Morgan fingerprint density at radius 2 is 2.36 bits per heavy atom. The molecule has 0 bridgehead atoms. The summed E-state index contributed by atoms with van der Waals surface area (Å²) in [5.41, 5.74) is 2.18. The van der Waals surface area contributed by atoms with Gasteiger partial charge in [0.25, 0.3) is 0 Å². The molecule has 1 N–H and O–H groups in total. The Kier molecular flexibility index (Phi) is 2.06. The highest BCUT2D eigenvalue weighted by Crippen LogP contribution is 2.25. The fraction of sp³-hybridized carbons (Fsp3) is 0.600. The molecule has 0 aromatic carbocycles. The number of aliphatic carboxylic acids is 1. The van der Waals surface area contributed by atoms with Gasteiger partial charge in [0.15, 0.2) is 0 Å². The van der Waals surface area contributed by atoms with E-state index in [1.165, 1.54) is 0 Å². The van der Waals surface area contributed by atoms with Crippen molar-refractivity contribution in [3.8, 4) is 0 Å². The van der Waals surface area contributed by atoms with Crippen LogP contribution in [0.3, 0.4) is 0 Å². The maximum Gasteiger partial charge on any atom is 0.306 e. The van der Waals surface area contributed by atoms with Crippen molar-refractivity contribution in [1.29, 1.82) is 0 Å². The van der Waals surface area contributed by atoms with E-state index in [-0.39, 0.29) is 5.92 Å². The molecule has 0 aliphatic heterocycles. The average Bonchev–Trinajstić information content (AvgIpc) is 2.43. The maximum absolute atomic E-state index is 10.9. The minimum atomic E-state index is -0.686. The van der Waals surface area contributed by atoms with Crippen LogP contribution in [0.2, 0.25) is 0 Å². The van der Waals surface area contributed by atoms with Crippen molar-refractivity contribution >= 4 is 5.97 Å². The van der Waals surface area contributed by atoms with E-state index in [0.717, 1.165) is 30.1 Å². The highest BCUT2D eigenvalue weighted by atomic mass is 16.4. The third-order valence-electron chi connectivity index (χ3n) is 3.04. The molecule has 1 aliphatic carbocycles. The van der Waals surface area contributed by atoms with Crippen LogP contribution in [-0.2, 0) is 24.7 Å². The van der Waals surface area contributed by atoms with Crippen molar-refractivity contribution in [2.75, 3.05) is 0 Å². The molecule has 0 saturated heterocycles. The summed E-state index contributed by atoms with van der Waals surface area (Å²) in [6.45, 7) is 1.95. The van der Waals surface area contributed by atoms with Gasteiger partial charge in [0.2, 0.25) is 0 Å². The summed E-state index contributed by atoms with van der Waals surface area (Å²) in [5.74, 6) is 0.0628. The Morgan fingerprint density at radius 3 is 3.00 bits per heavy atom. The Labute approximate surface area is 82.6 Å². The molecule has 0 saturated carbocycles. The van der Waals surface area contributed by atoms with Crippen molar-refractivity contribution < 1.29 is 9.90 Å². The third-order valence-corrected chi connectivity index (χ3v) is 3.04. The minimum Gasteiger partial charge on any atom is -0.481 e. The van der Waals surface area contributed by atoms with Crippen LogP contribution >= 0.6 is 0 Å². The molecule has 4 nitrogen and oxygen atoms in total. The number of nitrogens with zero attached hydrogens (tertiary/aromatic N) is 2. The second-order valence-corrected chi connectivity index (χ2v) is 3.89. The summed E-state index contributed by atoms with van der Waals surface area (Å²) in [4.78, 5) is 15.3. The number of carbonyl (C=O) groups is 1. The summed E-state index contributed by atoms with van der Waals surface area (Å²) >= 11 is 0. The lowest BCUT2D eigenvalue weighted by atomic mass is 9.90. The maximum atomic E-state index is 10.9. The van der Waals surface area contributed by atoms with Crippen molar-refractivity contribution in [3.63, 3.8) is 0 Å². The molecule has 76 valence electrons. The van der Waals surface area contributed by atoms with Gasteiger partial charge in [-0.05, 0) is 19.8 Å². The zero-order valence-electron chi connectivity index (χ0n) is 8.45. The molecule has 0 radical (unpaired) electrons. The van der Waals surface area contributed by atoms with E-state index in [4.69, 9.17) is 5.11 Å². The summed E-state index contributed by atoms with van der Waals surface area (Å²) in [6.07, 6.45) is 2.15. The molecular weight excluding hydrogens is 180 g/mol. The Balaban J connectivity index is 2.33. The van der Waals surface area contributed by atoms with E-state index in [1.807, 2.05) is 18.5 Å². The molecule has 1 unspecified atom stereocenters. The van der Waals surface area contributed by atoms with E-state index in [0.29, 0.717) is 6.42 Å². The van der Waals surface area contributed by atoms with E-state index >= 15 is 0 Å². The smallest absolute Gasteiger partial charge is 0.306 e. The molecule has 4 heteroatoms. The molecule has 1 aromatic heterocycles. The summed E-state index contributed by atoms with van der Waals surface area (Å²) in [7, 11) is 1.95. The van der Waals surface area contributed by atoms with Crippen molar-refractivity contribution in [3.05, 3.63) is 17.2 Å². The zero-order chi connectivity index (χ0) is 10.3. The highest BCUT2D eigenvalue weighted by molar-refractivity contribution is 5.70. The van der Waals surface area contributed by atoms with Crippen molar-refractivity contribution in [2.24, 2.45) is 13.0 Å². The summed E-state index contributed by atoms with van der Waals surface area (Å²) in [5, 5.41) is 8.93. The molecule has 1 atom stereocenters. The first kappa shape index (κ1) is 9.24. The second-order valence-electron chi connectivity index (χ2n) is 3.89. The van der Waals surface area contributed by atoms with E-state index in [9.17, 15) is 4.79 Å². The number of carboxylic acid groups (broad SMARTS) is 1. The monoisotopic (exact) mass is 194 g/mol. The van der Waals surface area contributed by atoms with Crippen molar-refractivity contribution in [2.45, 2.75) is 26.2 Å². The standard InChI is InChI=1S/C10H14N2O2/c1-6-11-8-4-3-7(10(13)14)5-9(8)12(6)2/h7H,3-5H2,1-2H3,(H,13,14). The van der Waals surface area contributed by atoms with Crippen LogP contribution in [0.5, 0.6) is 0 Å². The topological polar surface area (TPSA) is 55.1 Å². The molecule has 1 heterocycles. The first-order valence-electron chi connectivity index (χ1n) is 4.83. The van der Waals surface area contributed by atoms with Gasteiger partial charge in [0.1, 0.15) is 5.82 Å². The average molecular weight is 194 g/mol. The highest BCUT2D eigenvalue weighted by Gasteiger charge is 2.27. The first-order valence-corrected chi connectivity index (χ1v) is 4.83. The van der Waals surface area contributed by atoms with E-state index in [1.54, 1.807) is 0 Å². The van der Waals surface area contributed by atoms with Gasteiger partial charge in [0, 0.05) is 19.2 Å². The van der Waals surface area contributed by atoms with Crippen LogP contribution in [0.4, 0.5) is 0 Å². The lowest BCUT2D eigenvalue weighted by molar-refractivity contribution is -0.142. The van der Waals surface area contributed by atoms with Gasteiger partial charge in [-0.25, -0.2) is 4.98 Å². The Bertz CT molecular complexity index is 382. The van der Waals surface area contributed by atoms with Gasteiger partial charge in [-0.15, -0.1) is 0 Å². The van der Waals surface area contributed by atoms with Gasteiger partial charge in [0.05, 0.1) is 11.6 Å². The zero-order valence-corrected chi connectivity index (χ0v) is 8.45. The molecule has 1 aliphatic rings. The minimum absolute atomic E-state index is 0.225. The quantitative estimate of drug-likeness (QED) is 0.723. The van der Waals surface area contributed by atoms with Crippen LogP contribution in [0.15, 0.2) is 0 Å². The van der Waals surface area contributed by atoms with Gasteiger partial charge in [-0.2, -0.15) is 0 Å². The predicted octanol–water partition coefficient (Wildman–Crippen LogP) is 0.918.